The summed E-state index contributed by atoms with van der Waals surface area (Å²) < 4.78 is 1.85. The lowest BCUT2D eigenvalue weighted by molar-refractivity contribution is 0.112. The number of hydrogen-bond donors (Lipinski definition) is 2. The summed E-state index contributed by atoms with van der Waals surface area (Å²) in [5, 5.41) is 13.5. The predicted molar refractivity (Wildman–Crippen MR) is 115 cm³/mol. The minimum Gasteiger partial charge on any atom is -0.349 e. The average Bonchev–Trinajstić information content (AvgIpc) is 3.45. The van der Waals surface area contributed by atoms with Crippen molar-refractivity contribution in [1.29, 1.82) is 0 Å². The highest BCUT2D eigenvalue weighted by atomic mass is 35.5. The highest BCUT2D eigenvalue weighted by Crippen LogP contribution is 2.39. The Morgan fingerprint density at radius 3 is 2.97 bits per heavy atom. The quantitative estimate of drug-likeness (QED) is 0.490. The van der Waals surface area contributed by atoms with Crippen molar-refractivity contribution >= 4 is 40.6 Å². The first-order valence-electron chi connectivity index (χ1n) is 8.91. The number of thiazole rings is 1. The van der Waals surface area contributed by atoms with Gasteiger partial charge >= 0.3 is 0 Å². The molecule has 3 aromatic heterocycles. The summed E-state index contributed by atoms with van der Waals surface area (Å²) in [4.78, 5) is 17.1. The minimum absolute atomic E-state index is 0.525. The van der Waals surface area contributed by atoms with Gasteiger partial charge in [-0.3, -0.25) is 10.2 Å². The Morgan fingerprint density at radius 1 is 1.28 bits per heavy atom. The molecule has 9 heteroatoms. The first-order valence-corrected chi connectivity index (χ1v) is 10.1. The monoisotopic (exact) mass is 422 g/mol. The van der Waals surface area contributed by atoms with Crippen LogP contribution in [0.1, 0.15) is 20.9 Å². The fourth-order valence-corrected chi connectivity index (χ4v) is 4.72. The number of nitrogens with one attached hydrogen (secondary N) is 2. The molecule has 5 rings (SSSR count). The molecule has 29 heavy (non-hydrogen) atoms. The van der Waals surface area contributed by atoms with E-state index in [1.54, 1.807) is 18.2 Å². The summed E-state index contributed by atoms with van der Waals surface area (Å²) in [7, 11) is 0. The Balaban J connectivity index is 1.77. The van der Waals surface area contributed by atoms with Crippen LogP contribution in [0.4, 0.5) is 0 Å². The van der Waals surface area contributed by atoms with E-state index < -0.39 is 0 Å². The van der Waals surface area contributed by atoms with Crippen LogP contribution in [0.15, 0.2) is 47.7 Å². The van der Waals surface area contributed by atoms with E-state index in [2.05, 4.69) is 20.9 Å². The number of hydrogen-bond acceptors (Lipinski definition) is 7. The van der Waals surface area contributed by atoms with Crippen LogP contribution in [0.2, 0.25) is 5.02 Å². The van der Waals surface area contributed by atoms with Gasteiger partial charge in [0.2, 0.25) is 0 Å². The summed E-state index contributed by atoms with van der Waals surface area (Å²) >= 11 is 8.00. The van der Waals surface area contributed by atoms with Crippen LogP contribution < -0.4 is 10.7 Å². The standard InChI is InChI=1S/C20H15ClN6OS/c1-11-16(15-4-2-3-7-27(15)26-11)20-24-17(18(29-20)19-22-10-23-25-19)13-8-12(9-28)5-6-14(13)21/h2-9,23H,10H2,1H3,(H,22,25). The second-order valence-electron chi connectivity index (χ2n) is 6.52. The molecule has 1 aliphatic heterocycles. The van der Waals surface area contributed by atoms with Crippen molar-refractivity contribution in [2.75, 3.05) is 6.67 Å². The number of pyridine rings is 1. The van der Waals surface area contributed by atoms with E-state index in [0.717, 1.165) is 32.9 Å². The number of hydrazone groups is 1. The maximum absolute atomic E-state index is 11.3. The summed E-state index contributed by atoms with van der Waals surface area (Å²) in [5.41, 5.74) is 7.67. The number of amidine groups is 1. The Bertz CT molecular complexity index is 1290. The summed E-state index contributed by atoms with van der Waals surface area (Å²) in [5.74, 6) is 0.699. The summed E-state index contributed by atoms with van der Waals surface area (Å²) in [6.07, 6.45) is 2.72. The molecule has 4 heterocycles. The molecule has 0 spiro atoms. The zero-order chi connectivity index (χ0) is 20.0. The molecule has 1 aromatic carbocycles. The number of carbonyl (C=O) groups excluding carboxylic acids is 1. The normalized spacial score (nSPS) is 13.2. The molecule has 1 aliphatic rings. The third-order valence-electron chi connectivity index (χ3n) is 4.68. The number of carbonyl (C=O) groups is 1. The summed E-state index contributed by atoms with van der Waals surface area (Å²) in [6, 6.07) is 11.1. The first-order chi connectivity index (χ1) is 14.2. The van der Waals surface area contributed by atoms with Crippen LogP contribution in [0.3, 0.4) is 0 Å². The molecule has 0 unspecified atom stereocenters. The van der Waals surface area contributed by atoms with E-state index in [1.807, 2.05) is 35.8 Å². The molecule has 0 atom stereocenters. The lowest BCUT2D eigenvalue weighted by Crippen LogP contribution is -2.21. The first kappa shape index (κ1) is 17.8. The van der Waals surface area contributed by atoms with Gasteiger partial charge in [0.25, 0.3) is 0 Å². The zero-order valence-electron chi connectivity index (χ0n) is 15.3. The van der Waals surface area contributed by atoms with Crippen molar-refractivity contribution in [1.82, 2.24) is 25.3 Å². The molecule has 144 valence electrons. The van der Waals surface area contributed by atoms with Gasteiger partial charge in [0.05, 0.1) is 32.4 Å². The molecule has 0 aliphatic carbocycles. The van der Waals surface area contributed by atoms with Gasteiger partial charge in [0.1, 0.15) is 18.0 Å². The van der Waals surface area contributed by atoms with Crippen LogP contribution >= 0.6 is 22.9 Å². The smallest absolute Gasteiger partial charge is 0.167 e. The van der Waals surface area contributed by atoms with E-state index in [4.69, 9.17) is 16.6 Å². The lowest BCUT2D eigenvalue weighted by atomic mass is 10.1. The number of aryl methyl sites for hydroxylation is 1. The van der Waals surface area contributed by atoms with Crippen molar-refractivity contribution in [2.24, 2.45) is 5.10 Å². The number of fused-ring (bicyclic) bond motifs is 1. The van der Waals surface area contributed by atoms with Gasteiger partial charge in [-0.05, 0) is 31.2 Å². The van der Waals surface area contributed by atoms with Crippen molar-refractivity contribution in [3.05, 3.63) is 63.8 Å². The topological polar surface area (TPSA) is 83.7 Å². The van der Waals surface area contributed by atoms with Gasteiger partial charge in [-0.15, -0.1) is 11.3 Å². The van der Waals surface area contributed by atoms with Gasteiger partial charge in [-0.25, -0.2) is 9.50 Å². The van der Waals surface area contributed by atoms with E-state index >= 15 is 0 Å². The molecule has 0 saturated heterocycles. The Hall–Kier alpha value is -3.23. The number of rotatable bonds is 4. The van der Waals surface area contributed by atoms with E-state index in [0.29, 0.717) is 34.3 Å². The van der Waals surface area contributed by atoms with Crippen molar-refractivity contribution in [3.63, 3.8) is 0 Å². The van der Waals surface area contributed by atoms with Crippen LogP contribution in [-0.2, 0) is 0 Å². The van der Waals surface area contributed by atoms with E-state index in [9.17, 15) is 4.79 Å². The Kier molecular flexibility index (Phi) is 4.30. The van der Waals surface area contributed by atoms with Crippen molar-refractivity contribution in [3.8, 4) is 21.8 Å². The highest BCUT2D eigenvalue weighted by Gasteiger charge is 2.24. The molecule has 2 N–H and O–H groups in total. The maximum atomic E-state index is 11.3. The minimum atomic E-state index is 0.525. The van der Waals surface area contributed by atoms with Crippen LogP contribution in [0.5, 0.6) is 0 Å². The number of benzene rings is 1. The maximum Gasteiger partial charge on any atom is 0.167 e. The zero-order valence-corrected chi connectivity index (χ0v) is 16.9. The molecule has 0 bridgehead atoms. The molecule has 0 amide bonds. The van der Waals surface area contributed by atoms with Crippen LogP contribution in [-0.4, -0.2) is 33.4 Å². The van der Waals surface area contributed by atoms with Crippen molar-refractivity contribution in [2.45, 2.75) is 6.92 Å². The largest absolute Gasteiger partial charge is 0.349 e. The van der Waals surface area contributed by atoms with Gasteiger partial charge < -0.3 is 5.32 Å². The number of aldehydes is 1. The summed E-state index contributed by atoms with van der Waals surface area (Å²) in [6.45, 7) is 2.51. The Morgan fingerprint density at radius 2 is 2.17 bits per heavy atom. The predicted octanol–water partition coefficient (Wildman–Crippen LogP) is 3.71. The molecule has 0 radical (unpaired) electrons. The third-order valence-corrected chi connectivity index (χ3v) is 6.09. The fraction of sp³-hybridized carbons (Fsp3) is 0.100. The molecule has 0 saturated carbocycles. The third kappa shape index (κ3) is 2.97. The molecular weight excluding hydrogens is 408 g/mol. The molecule has 7 nitrogen and oxygen atoms in total. The van der Waals surface area contributed by atoms with Crippen LogP contribution in [0.25, 0.3) is 27.3 Å². The average molecular weight is 423 g/mol. The second kappa shape index (κ2) is 6.98. The molecule has 4 aromatic rings. The number of halogens is 1. The Labute approximate surface area is 175 Å². The van der Waals surface area contributed by atoms with E-state index in [-0.39, 0.29) is 0 Å². The second-order valence-corrected chi connectivity index (χ2v) is 7.92. The van der Waals surface area contributed by atoms with Gasteiger partial charge in [0, 0.05) is 17.3 Å². The lowest BCUT2D eigenvalue weighted by Gasteiger charge is -2.05. The SMILES string of the molecule is Cc1nn2ccccc2c1-c1nc(-c2cc(C=O)ccc2Cl)c(C2=NNCN2)s1. The van der Waals surface area contributed by atoms with E-state index in [1.165, 1.54) is 11.3 Å². The fourth-order valence-electron chi connectivity index (χ4n) is 3.36. The van der Waals surface area contributed by atoms with Gasteiger partial charge in [-0.2, -0.15) is 10.2 Å². The highest BCUT2D eigenvalue weighted by molar-refractivity contribution is 7.17. The molecule has 0 fully saturated rings. The number of nitrogens with zero attached hydrogens (tertiary/aromatic N) is 4. The van der Waals surface area contributed by atoms with Crippen molar-refractivity contribution < 1.29 is 4.79 Å². The van der Waals surface area contributed by atoms with Gasteiger partial charge in [-0.1, -0.05) is 23.7 Å². The number of aromatic nitrogens is 3. The molecular formula is C20H15ClN6OS. The van der Waals surface area contributed by atoms with Crippen LogP contribution in [0, 0.1) is 6.92 Å². The van der Waals surface area contributed by atoms with Gasteiger partial charge in [0.15, 0.2) is 5.84 Å².